The number of benzene rings is 1. The molecule has 1 N–H and O–H groups in total. The molecule has 1 aromatic carbocycles. The highest BCUT2D eigenvalue weighted by Gasteiger charge is 2.21. The zero-order chi connectivity index (χ0) is 20.4. The van der Waals surface area contributed by atoms with Crippen LogP contribution in [0.3, 0.4) is 0 Å². The summed E-state index contributed by atoms with van der Waals surface area (Å²) < 4.78 is 41.8. The highest BCUT2D eigenvalue weighted by Crippen LogP contribution is 2.29. The third-order valence-electron chi connectivity index (χ3n) is 3.92. The van der Waals surface area contributed by atoms with Crippen molar-refractivity contribution in [3.05, 3.63) is 62.9 Å². The minimum Gasteiger partial charge on any atom is -0.322 e. The quantitative estimate of drug-likeness (QED) is 0.567. The molecule has 0 bridgehead atoms. The summed E-state index contributed by atoms with van der Waals surface area (Å²) in [6.45, 7) is 1.64. The van der Waals surface area contributed by atoms with Gasteiger partial charge in [0.15, 0.2) is 0 Å². The molecule has 0 aliphatic heterocycles. The lowest BCUT2D eigenvalue weighted by atomic mass is 10.2. The Bertz CT molecular complexity index is 1020. The molecule has 0 atom stereocenters. The molecule has 1 amide bonds. The van der Waals surface area contributed by atoms with Gasteiger partial charge in [-0.2, -0.15) is 10.2 Å². The maximum Gasteiger partial charge on any atom is 0.283 e. The molecule has 0 saturated carbocycles. The summed E-state index contributed by atoms with van der Waals surface area (Å²) in [7, 11) is 0. The molecule has 6 nitrogen and oxygen atoms in total. The average Bonchev–Trinajstić information content (AvgIpc) is 3.16. The summed E-state index contributed by atoms with van der Waals surface area (Å²) in [5.41, 5.74) is 1.10. The first-order valence-corrected chi connectivity index (χ1v) is 9.19. The second kappa shape index (κ2) is 8.36. The van der Waals surface area contributed by atoms with E-state index in [9.17, 15) is 18.0 Å². The van der Waals surface area contributed by atoms with Crippen LogP contribution in [0.1, 0.15) is 23.4 Å². The van der Waals surface area contributed by atoms with Crippen molar-refractivity contribution < 1.29 is 18.0 Å². The van der Waals surface area contributed by atoms with Gasteiger partial charge in [-0.05, 0) is 40.5 Å². The minimum absolute atomic E-state index is 0.180. The first kappa shape index (κ1) is 20.4. The first-order valence-electron chi connectivity index (χ1n) is 8.01. The normalized spacial score (nSPS) is 11.2. The topological polar surface area (TPSA) is 64.7 Å². The molecule has 28 heavy (non-hydrogen) atoms. The Hall–Kier alpha value is -2.33. The van der Waals surface area contributed by atoms with Crippen LogP contribution in [0.2, 0.25) is 5.02 Å². The summed E-state index contributed by atoms with van der Waals surface area (Å²) in [5.74, 6) is -0.879. The standard InChI is InChI=1S/C17H14BrClF3N5O/c1-9-15(18)16(17(21)22)25-27(9)8-14(28)24-12-5-23-26(7-12)6-10-2-3-11(20)4-13(10)19/h2-5,7,17H,6,8H2,1H3,(H,24,28). The van der Waals surface area contributed by atoms with Gasteiger partial charge in [0, 0.05) is 11.2 Å². The molecule has 0 aliphatic carbocycles. The van der Waals surface area contributed by atoms with E-state index in [0.29, 0.717) is 16.9 Å². The van der Waals surface area contributed by atoms with Gasteiger partial charge in [0.25, 0.3) is 6.43 Å². The van der Waals surface area contributed by atoms with Crippen LogP contribution in [0.4, 0.5) is 18.9 Å². The van der Waals surface area contributed by atoms with Crippen LogP contribution in [-0.4, -0.2) is 25.5 Å². The van der Waals surface area contributed by atoms with Gasteiger partial charge >= 0.3 is 0 Å². The molecule has 11 heteroatoms. The van der Waals surface area contributed by atoms with Crippen molar-refractivity contribution >= 4 is 39.1 Å². The fourth-order valence-corrected chi connectivity index (χ4v) is 3.20. The molecule has 0 saturated heterocycles. The van der Waals surface area contributed by atoms with Gasteiger partial charge in [0.2, 0.25) is 5.91 Å². The first-order chi connectivity index (χ1) is 13.2. The van der Waals surface area contributed by atoms with Crippen molar-refractivity contribution in [2.45, 2.75) is 26.4 Å². The molecule has 2 aromatic heterocycles. The molecule has 0 fully saturated rings. The smallest absolute Gasteiger partial charge is 0.283 e. The number of carbonyl (C=O) groups excluding carboxylic acids is 1. The van der Waals surface area contributed by atoms with Crippen LogP contribution in [0.5, 0.6) is 0 Å². The van der Waals surface area contributed by atoms with Gasteiger partial charge in [-0.3, -0.25) is 14.2 Å². The van der Waals surface area contributed by atoms with Crippen molar-refractivity contribution in [1.29, 1.82) is 0 Å². The Morgan fingerprint density at radius 2 is 2.14 bits per heavy atom. The Balaban J connectivity index is 1.65. The molecule has 148 valence electrons. The average molecular weight is 477 g/mol. The second-order valence-corrected chi connectivity index (χ2v) is 7.15. The van der Waals surface area contributed by atoms with E-state index in [2.05, 4.69) is 31.4 Å². The van der Waals surface area contributed by atoms with Crippen molar-refractivity contribution in [3.8, 4) is 0 Å². The van der Waals surface area contributed by atoms with Crippen LogP contribution in [0.25, 0.3) is 0 Å². The van der Waals surface area contributed by atoms with Gasteiger partial charge in [0.1, 0.15) is 18.1 Å². The number of carbonyl (C=O) groups is 1. The lowest BCUT2D eigenvalue weighted by Crippen LogP contribution is -2.20. The Kier molecular flexibility index (Phi) is 6.09. The van der Waals surface area contributed by atoms with E-state index in [1.165, 1.54) is 27.7 Å². The molecule has 0 aliphatic rings. The van der Waals surface area contributed by atoms with E-state index in [1.807, 2.05) is 0 Å². The van der Waals surface area contributed by atoms with E-state index in [-0.39, 0.29) is 22.6 Å². The van der Waals surface area contributed by atoms with Crippen molar-refractivity contribution in [3.63, 3.8) is 0 Å². The molecular formula is C17H14BrClF3N5O. The number of aromatic nitrogens is 4. The lowest BCUT2D eigenvalue weighted by molar-refractivity contribution is -0.117. The predicted octanol–water partition coefficient (Wildman–Crippen LogP) is 4.57. The van der Waals surface area contributed by atoms with Crippen molar-refractivity contribution in [2.24, 2.45) is 0 Å². The fourth-order valence-electron chi connectivity index (χ4n) is 2.52. The number of halogens is 5. The van der Waals surface area contributed by atoms with Crippen molar-refractivity contribution in [1.82, 2.24) is 19.6 Å². The van der Waals surface area contributed by atoms with E-state index in [0.717, 1.165) is 0 Å². The third-order valence-corrected chi connectivity index (χ3v) is 5.25. The van der Waals surface area contributed by atoms with Crippen LogP contribution in [0.15, 0.2) is 35.1 Å². The summed E-state index contributed by atoms with van der Waals surface area (Å²) >= 11 is 9.06. The van der Waals surface area contributed by atoms with E-state index >= 15 is 0 Å². The maximum atomic E-state index is 13.1. The number of rotatable bonds is 6. The van der Waals surface area contributed by atoms with Gasteiger partial charge in [-0.25, -0.2) is 13.2 Å². The molecule has 2 heterocycles. The van der Waals surface area contributed by atoms with E-state index in [1.54, 1.807) is 19.2 Å². The van der Waals surface area contributed by atoms with Crippen LogP contribution in [0, 0.1) is 12.7 Å². The van der Waals surface area contributed by atoms with Gasteiger partial charge in [0.05, 0.1) is 28.6 Å². The maximum absolute atomic E-state index is 13.1. The number of alkyl halides is 2. The third kappa shape index (κ3) is 4.56. The zero-order valence-electron chi connectivity index (χ0n) is 14.5. The van der Waals surface area contributed by atoms with Crippen LogP contribution in [-0.2, 0) is 17.9 Å². The molecule has 0 spiro atoms. The second-order valence-electron chi connectivity index (χ2n) is 5.95. The Labute approximate surface area is 171 Å². The van der Waals surface area contributed by atoms with Gasteiger partial charge in [-0.15, -0.1) is 0 Å². The Morgan fingerprint density at radius 3 is 2.79 bits per heavy atom. The fraction of sp³-hybridized carbons (Fsp3) is 0.235. The minimum atomic E-state index is -2.74. The van der Waals surface area contributed by atoms with Crippen LogP contribution < -0.4 is 5.32 Å². The number of amides is 1. The van der Waals surface area contributed by atoms with Gasteiger partial charge in [-0.1, -0.05) is 17.7 Å². The molecular weight excluding hydrogens is 463 g/mol. The Morgan fingerprint density at radius 1 is 1.39 bits per heavy atom. The lowest BCUT2D eigenvalue weighted by Gasteiger charge is -2.06. The van der Waals surface area contributed by atoms with E-state index < -0.39 is 23.8 Å². The molecule has 3 aromatic rings. The van der Waals surface area contributed by atoms with E-state index in [4.69, 9.17) is 11.6 Å². The number of hydrogen-bond acceptors (Lipinski definition) is 3. The number of hydrogen-bond donors (Lipinski definition) is 1. The summed E-state index contributed by atoms with van der Waals surface area (Å²) in [6.07, 6.45) is 0.272. The van der Waals surface area contributed by atoms with Crippen molar-refractivity contribution in [2.75, 3.05) is 5.32 Å². The summed E-state index contributed by atoms with van der Waals surface area (Å²) in [4.78, 5) is 12.2. The predicted molar refractivity (Wildman–Crippen MR) is 101 cm³/mol. The summed E-state index contributed by atoms with van der Waals surface area (Å²) in [5, 5.41) is 10.8. The molecule has 0 unspecified atom stereocenters. The molecule has 3 rings (SSSR count). The molecule has 0 radical (unpaired) electrons. The number of nitrogens with zero attached hydrogens (tertiary/aromatic N) is 4. The van der Waals surface area contributed by atoms with Crippen LogP contribution >= 0.6 is 27.5 Å². The highest BCUT2D eigenvalue weighted by molar-refractivity contribution is 9.10. The SMILES string of the molecule is Cc1c(Br)c(C(F)F)nn1CC(=O)Nc1cnn(Cc2ccc(F)cc2Cl)c1. The monoisotopic (exact) mass is 475 g/mol. The largest absolute Gasteiger partial charge is 0.322 e. The highest BCUT2D eigenvalue weighted by atomic mass is 79.9. The zero-order valence-corrected chi connectivity index (χ0v) is 16.8. The van der Waals surface area contributed by atoms with Gasteiger partial charge < -0.3 is 5.32 Å². The summed E-state index contributed by atoms with van der Waals surface area (Å²) in [6, 6.07) is 4.06. The number of anilines is 1. The number of nitrogens with one attached hydrogen (secondary N) is 1.